The van der Waals surface area contributed by atoms with E-state index in [4.69, 9.17) is 4.74 Å². The van der Waals surface area contributed by atoms with Crippen LogP contribution in [0.5, 0.6) is 0 Å². The van der Waals surface area contributed by atoms with E-state index in [-0.39, 0.29) is 5.97 Å². The van der Waals surface area contributed by atoms with E-state index in [0.717, 1.165) is 31.4 Å². The molecule has 1 N–H and O–H groups in total. The summed E-state index contributed by atoms with van der Waals surface area (Å²) in [5.41, 5.74) is 1.93. The third kappa shape index (κ3) is 3.78. The van der Waals surface area contributed by atoms with E-state index >= 15 is 0 Å². The molecule has 0 aliphatic heterocycles. The van der Waals surface area contributed by atoms with Crippen molar-refractivity contribution in [1.82, 2.24) is 0 Å². The summed E-state index contributed by atoms with van der Waals surface area (Å²) >= 11 is 0. The summed E-state index contributed by atoms with van der Waals surface area (Å²) in [6.07, 6.45) is 3.72. The topological polar surface area (TPSA) is 38.3 Å². The number of nitrogens with one attached hydrogen (secondary N) is 1. The molecule has 0 heterocycles. The van der Waals surface area contributed by atoms with E-state index in [1.165, 1.54) is 5.56 Å². The Kier molecular flexibility index (Phi) is 4.60. The molecule has 1 fully saturated rings. The molecule has 1 aromatic carbocycles. The summed E-state index contributed by atoms with van der Waals surface area (Å²) in [5, 5.41) is 3.48. The minimum atomic E-state index is -0.570. The molecule has 0 bridgehead atoms. The van der Waals surface area contributed by atoms with Gasteiger partial charge in [-0.1, -0.05) is 26.0 Å². The molecular formula is C18H27NO2. The summed E-state index contributed by atoms with van der Waals surface area (Å²) in [5.74, 6) is -0.109. The molecule has 3 heteroatoms. The first kappa shape index (κ1) is 15.9. The maximum absolute atomic E-state index is 12.5. The van der Waals surface area contributed by atoms with Crippen LogP contribution in [0.25, 0.3) is 0 Å². The second-order valence-electron chi connectivity index (χ2n) is 6.96. The Balaban J connectivity index is 2.22. The van der Waals surface area contributed by atoms with Crippen molar-refractivity contribution in [1.29, 1.82) is 0 Å². The van der Waals surface area contributed by atoms with Crippen LogP contribution >= 0.6 is 0 Å². The minimum absolute atomic E-state index is 0.109. The van der Waals surface area contributed by atoms with Gasteiger partial charge in [-0.3, -0.25) is 0 Å². The number of rotatable bonds is 4. The van der Waals surface area contributed by atoms with Gasteiger partial charge >= 0.3 is 5.97 Å². The SMILES string of the molecule is CCOC(=O)C1(Nc2cccc(C)c2)CCC(C)(C)CC1. The highest BCUT2D eigenvalue weighted by atomic mass is 16.5. The van der Waals surface area contributed by atoms with E-state index in [1.54, 1.807) is 0 Å². The van der Waals surface area contributed by atoms with Gasteiger partial charge in [0.05, 0.1) is 6.61 Å². The lowest BCUT2D eigenvalue weighted by Gasteiger charge is -2.42. The van der Waals surface area contributed by atoms with Gasteiger partial charge in [-0.15, -0.1) is 0 Å². The van der Waals surface area contributed by atoms with Crippen LogP contribution in [-0.2, 0) is 9.53 Å². The number of aryl methyl sites for hydroxylation is 1. The van der Waals surface area contributed by atoms with Crippen LogP contribution in [0, 0.1) is 12.3 Å². The number of esters is 1. The molecule has 0 aromatic heterocycles. The number of carbonyl (C=O) groups is 1. The van der Waals surface area contributed by atoms with Crippen molar-refractivity contribution in [3.63, 3.8) is 0 Å². The molecule has 0 unspecified atom stereocenters. The summed E-state index contributed by atoms with van der Waals surface area (Å²) < 4.78 is 5.35. The Morgan fingerprint density at radius 1 is 1.24 bits per heavy atom. The Morgan fingerprint density at radius 2 is 1.90 bits per heavy atom. The van der Waals surface area contributed by atoms with Crippen LogP contribution in [0.3, 0.4) is 0 Å². The van der Waals surface area contributed by atoms with E-state index in [1.807, 2.05) is 19.1 Å². The number of hydrogen-bond donors (Lipinski definition) is 1. The van der Waals surface area contributed by atoms with Crippen LogP contribution in [0.4, 0.5) is 5.69 Å². The smallest absolute Gasteiger partial charge is 0.331 e. The van der Waals surface area contributed by atoms with Gasteiger partial charge in [-0.25, -0.2) is 4.79 Å². The van der Waals surface area contributed by atoms with Gasteiger partial charge in [-0.05, 0) is 62.6 Å². The summed E-state index contributed by atoms with van der Waals surface area (Å²) in [6, 6.07) is 8.18. The van der Waals surface area contributed by atoms with Crippen LogP contribution in [-0.4, -0.2) is 18.1 Å². The fraction of sp³-hybridized carbons (Fsp3) is 0.611. The fourth-order valence-electron chi connectivity index (χ4n) is 3.00. The van der Waals surface area contributed by atoms with Gasteiger partial charge < -0.3 is 10.1 Å². The largest absolute Gasteiger partial charge is 0.464 e. The lowest BCUT2D eigenvalue weighted by atomic mass is 9.69. The average molecular weight is 289 g/mol. The monoisotopic (exact) mass is 289 g/mol. The van der Waals surface area contributed by atoms with Gasteiger partial charge in [0.25, 0.3) is 0 Å². The molecule has 21 heavy (non-hydrogen) atoms. The highest BCUT2D eigenvalue weighted by Gasteiger charge is 2.45. The van der Waals surface area contributed by atoms with E-state index < -0.39 is 5.54 Å². The molecule has 1 saturated carbocycles. The maximum atomic E-state index is 12.5. The zero-order valence-electron chi connectivity index (χ0n) is 13.7. The molecule has 1 aliphatic rings. The van der Waals surface area contributed by atoms with Gasteiger partial charge in [0, 0.05) is 5.69 Å². The van der Waals surface area contributed by atoms with Crippen LogP contribution in [0.15, 0.2) is 24.3 Å². The molecule has 1 aromatic rings. The number of anilines is 1. The molecule has 0 saturated heterocycles. The van der Waals surface area contributed by atoms with Crippen LogP contribution < -0.4 is 5.32 Å². The molecule has 0 spiro atoms. The minimum Gasteiger partial charge on any atom is -0.464 e. The normalized spacial score (nSPS) is 19.8. The van der Waals surface area contributed by atoms with E-state index in [9.17, 15) is 4.79 Å². The molecule has 3 nitrogen and oxygen atoms in total. The number of ether oxygens (including phenoxy) is 1. The quantitative estimate of drug-likeness (QED) is 0.839. The maximum Gasteiger partial charge on any atom is 0.331 e. The first-order chi connectivity index (χ1) is 9.87. The van der Waals surface area contributed by atoms with E-state index in [2.05, 4.69) is 38.2 Å². The first-order valence-electron chi connectivity index (χ1n) is 7.89. The Labute approximate surface area is 128 Å². The summed E-state index contributed by atoms with van der Waals surface area (Å²) in [7, 11) is 0. The third-order valence-corrected chi connectivity index (χ3v) is 4.52. The molecule has 0 radical (unpaired) electrons. The van der Waals surface area contributed by atoms with Crippen LogP contribution in [0.1, 0.15) is 52.0 Å². The predicted molar refractivity (Wildman–Crippen MR) is 86.4 cm³/mol. The molecule has 0 amide bonds. The summed E-state index contributed by atoms with van der Waals surface area (Å²) in [4.78, 5) is 12.5. The van der Waals surface area contributed by atoms with Gasteiger partial charge in [0.15, 0.2) is 0 Å². The average Bonchev–Trinajstić information content (AvgIpc) is 2.42. The first-order valence-corrected chi connectivity index (χ1v) is 7.89. The lowest BCUT2D eigenvalue weighted by molar-refractivity contribution is -0.150. The Morgan fingerprint density at radius 3 is 2.48 bits per heavy atom. The van der Waals surface area contributed by atoms with Crippen molar-refractivity contribution < 1.29 is 9.53 Å². The molecule has 0 atom stereocenters. The highest BCUT2D eigenvalue weighted by molar-refractivity contribution is 5.84. The lowest BCUT2D eigenvalue weighted by Crippen LogP contribution is -2.51. The molecule has 116 valence electrons. The van der Waals surface area contributed by atoms with Crippen LogP contribution in [0.2, 0.25) is 0 Å². The molecule has 2 rings (SSSR count). The predicted octanol–water partition coefficient (Wildman–Crippen LogP) is 4.31. The Bertz CT molecular complexity index is 498. The van der Waals surface area contributed by atoms with Gasteiger partial charge in [-0.2, -0.15) is 0 Å². The molecule has 1 aliphatic carbocycles. The fourth-order valence-corrected chi connectivity index (χ4v) is 3.00. The van der Waals surface area contributed by atoms with Gasteiger partial charge in [0.1, 0.15) is 5.54 Å². The highest BCUT2D eigenvalue weighted by Crippen LogP contribution is 2.42. The van der Waals surface area contributed by atoms with E-state index in [0.29, 0.717) is 12.0 Å². The van der Waals surface area contributed by atoms with Crippen molar-refractivity contribution in [2.75, 3.05) is 11.9 Å². The number of hydrogen-bond acceptors (Lipinski definition) is 3. The zero-order chi connectivity index (χ0) is 15.5. The van der Waals surface area contributed by atoms with Crippen molar-refractivity contribution in [2.24, 2.45) is 5.41 Å². The summed E-state index contributed by atoms with van der Waals surface area (Å²) in [6.45, 7) is 8.90. The molecular weight excluding hydrogens is 262 g/mol. The van der Waals surface area contributed by atoms with Crippen molar-refractivity contribution in [3.05, 3.63) is 29.8 Å². The zero-order valence-corrected chi connectivity index (χ0v) is 13.7. The van der Waals surface area contributed by atoms with Gasteiger partial charge in [0.2, 0.25) is 0 Å². The Hall–Kier alpha value is -1.51. The second-order valence-corrected chi connectivity index (χ2v) is 6.96. The van der Waals surface area contributed by atoms with Crippen molar-refractivity contribution >= 4 is 11.7 Å². The van der Waals surface area contributed by atoms with Crippen molar-refractivity contribution in [2.45, 2.75) is 58.9 Å². The number of benzene rings is 1. The van der Waals surface area contributed by atoms with Crippen molar-refractivity contribution in [3.8, 4) is 0 Å². The number of carbonyl (C=O) groups excluding carboxylic acids is 1. The second kappa shape index (κ2) is 6.08. The third-order valence-electron chi connectivity index (χ3n) is 4.52. The standard InChI is InChI=1S/C18H27NO2/c1-5-21-16(20)18(11-9-17(3,4)10-12-18)19-15-8-6-7-14(2)13-15/h6-8,13,19H,5,9-12H2,1-4H3.